The molecule has 0 spiro atoms. The number of nitrogens with zero attached hydrogens (tertiary/aromatic N) is 2. The number of rotatable bonds is 3. The predicted molar refractivity (Wildman–Crippen MR) is 69.3 cm³/mol. The summed E-state index contributed by atoms with van der Waals surface area (Å²) in [6.45, 7) is 2.08. The lowest BCUT2D eigenvalue weighted by Gasteiger charge is -2.13. The molecule has 0 radical (unpaired) electrons. The zero-order valence-corrected chi connectivity index (χ0v) is 11.4. The van der Waals surface area contributed by atoms with Gasteiger partial charge in [-0.15, -0.1) is 0 Å². The second-order valence-corrected chi connectivity index (χ2v) is 5.67. The zero-order chi connectivity index (χ0) is 11.7. The minimum absolute atomic E-state index is 0.394. The van der Waals surface area contributed by atoms with Crippen LogP contribution in [-0.4, -0.2) is 29.0 Å². The molecule has 2 aliphatic rings. The smallest absolute Gasteiger partial charge is 0.172 e. The average Bonchev–Trinajstić information content (AvgIpc) is 3.03. The van der Waals surface area contributed by atoms with Crippen LogP contribution in [0, 0.1) is 0 Å². The Hall–Kier alpha value is -0.550. The maximum atomic E-state index is 6.00. The Labute approximate surface area is 110 Å². The fraction of sp³-hybridized carbons (Fsp3) is 0.750. The number of ether oxygens (including phenoxy) is 1. The molecule has 0 aromatic carbocycles. The molecular formula is C12H18BrN3O. The van der Waals surface area contributed by atoms with Gasteiger partial charge in [0, 0.05) is 6.54 Å². The minimum Gasteiger partial charge on any atom is -0.486 e. The van der Waals surface area contributed by atoms with Gasteiger partial charge in [-0.05, 0) is 54.6 Å². The fourth-order valence-electron chi connectivity index (χ4n) is 2.70. The fourth-order valence-corrected chi connectivity index (χ4v) is 3.28. The Morgan fingerprint density at radius 2 is 2.18 bits per heavy atom. The Balaban J connectivity index is 1.72. The van der Waals surface area contributed by atoms with Crippen molar-refractivity contribution in [2.45, 2.75) is 44.2 Å². The standard InChI is InChI=1S/C12H18BrN3O/c13-12-11(17-10-3-1-2-4-10)8-15-16(12)9-5-6-14-7-9/h8-10,14H,1-7H2. The Bertz CT molecular complexity index is 381. The van der Waals surface area contributed by atoms with Gasteiger partial charge in [0.05, 0.1) is 18.3 Å². The van der Waals surface area contributed by atoms with Crippen molar-refractivity contribution in [3.05, 3.63) is 10.8 Å². The van der Waals surface area contributed by atoms with Crippen LogP contribution in [0.5, 0.6) is 5.75 Å². The van der Waals surface area contributed by atoms with Crippen LogP contribution in [0.2, 0.25) is 0 Å². The third-order valence-electron chi connectivity index (χ3n) is 3.68. The summed E-state index contributed by atoms with van der Waals surface area (Å²) in [4.78, 5) is 0. The summed E-state index contributed by atoms with van der Waals surface area (Å²) in [6.07, 6.45) is 8.34. The van der Waals surface area contributed by atoms with Crippen molar-refractivity contribution in [1.82, 2.24) is 15.1 Å². The van der Waals surface area contributed by atoms with Crippen molar-refractivity contribution in [3.8, 4) is 5.75 Å². The van der Waals surface area contributed by atoms with Crippen LogP contribution in [0.3, 0.4) is 0 Å². The summed E-state index contributed by atoms with van der Waals surface area (Å²) in [5, 5.41) is 7.80. The maximum absolute atomic E-state index is 6.00. The molecule has 1 aliphatic heterocycles. The predicted octanol–water partition coefficient (Wildman–Crippen LogP) is 2.50. The van der Waals surface area contributed by atoms with E-state index in [2.05, 4.69) is 26.3 Å². The molecule has 4 nitrogen and oxygen atoms in total. The Kier molecular flexibility index (Phi) is 3.38. The number of nitrogens with one attached hydrogen (secondary N) is 1. The summed E-state index contributed by atoms with van der Waals surface area (Å²) in [7, 11) is 0. The van der Waals surface area contributed by atoms with Crippen molar-refractivity contribution < 1.29 is 4.74 Å². The first-order valence-corrected chi connectivity index (χ1v) is 7.24. The lowest BCUT2D eigenvalue weighted by atomic mass is 10.3. The van der Waals surface area contributed by atoms with Crippen LogP contribution in [0.15, 0.2) is 10.8 Å². The van der Waals surface area contributed by atoms with E-state index in [1.54, 1.807) is 0 Å². The molecule has 1 aliphatic carbocycles. The van der Waals surface area contributed by atoms with E-state index in [1.807, 2.05) is 10.9 Å². The first kappa shape index (κ1) is 11.5. The third-order valence-corrected chi connectivity index (χ3v) is 4.43. The summed E-state index contributed by atoms with van der Waals surface area (Å²) in [5.41, 5.74) is 0. The monoisotopic (exact) mass is 299 g/mol. The van der Waals surface area contributed by atoms with E-state index in [9.17, 15) is 0 Å². The highest BCUT2D eigenvalue weighted by Crippen LogP contribution is 2.32. The van der Waals surface area contributed by atoms with Gasteiger partial charge in [0.15, 0.2) is 5.75 Å². The van der Waals surface area contributed by atoms with Crippen LogP contribution in [0.4, 0.5) is 0 Å². The van der Waals surface area contributed by atoms with Crippen LogP contribution >= 0.6 is 15.9 Å². The molecule has 1 aromatic heterocycles. The molecule has 1 aromatic rings. The first-order valence-electron chi connectivity index (χ1n) is 6.45. The molecule has 1 saturated carbocycles. The molecule has 1 saturated heterocycles. The molecule has 3 rings (SSSR count). The largest absolute Gasteiger partial charge is 0.486 e. The van der Waals surface area contributed by atoms with Gasteiger partial charge in [0.2, 0.25) is 0 Å². The molecule has 5 heteroatoms. The van der Waals surface area contributed by atoms with E-state index in [-0.39, 0.29) is 0 Å². The molecule has 2 heterocycles. The van der Waals surface area contributed by atoms with Gasteiger partial charge in [-0.2, -0.15) is 5.10 Å². The second-order valence-electron chi connectivity index (χ2n) is 4.92. The van der Waals surface area contributed by atoms with Crippen molar-refractivity contribution in [2.75, 3.05) is 13.1 Å². The molecule has 0 amide bonds. The lowest BCUT2D eigenvalue weighted by molar-refractivity contribution is 0.208. The van der Waals surface area contributed by atoms with E-state index in [1.165, 1.54) is 25.7 Å². The van der Waals surface area contributed by atoms with Gasteiger partial charge in [-0.25, -0.2) is 0 Å². The Morgan fingerprint density at radius 3 is 2.88 bits per heavy atom. The van der Waals surface area contributed by atoms with Crippen molar-refractivity contribution >= 4 is 15.9 Å². The first-order chi connectivity index (χ1) is 8.34. The second kappa shape index (κ2) is 4.98. The van der Waals surface area contributed by atoms with Gasteiger partial charge >= 0.3 is 0 Å². The summed E-state index contributed by atoms with van der Waals surface area (Å²) >= 11 is 3.62. The van der Waals surface area contributed by atoms with Gasteiger partial charge in [-0.1, -0.05) is 0 Å². The third kappa shape index (κ3) is 2.36. The van der Waals surface area contributed by atoms with Crippen molar-refractivity contribution in [3.63, 3.8) is 0 Å². The Morgan fingerprint density at radius 1 is 1.35 bits per heavy atom. The molecule has 0 bridgehead atoms. The highest BCUT2D eigenvalue weighted by atomic mass is 79.9. The molecule has 1 N–H and O–H groups in total. The number of hydrogen-bond donors (Lipinski definition) is 1. The van der Waals surface area contributed by atoms with E-state index in [0.29, 0.717) is 12.1 Å². The molecule has 1 unspecified atom stereocenters. The summed E-state index contributed by atoms with van der Waals surface area (Å²) in [5.74, 6) is 0.906. The normalized spacial score (nSPS) is 25.6. The van der Waals surface area contributed by atoms with E-state index in [4.69, 9.17) is 4.74 Å². The minimum atomic E-state index is 0.394. The van der Waals surface area contributed by atoms with Gasteiger partial charge in [-0.3, -0.25) is 4.68 Å². The van der Waals surface area contributed by atoms with Gasteiger partial charge in [0.1, 0.15) is 4.60 Å². The summed E-state index contributed by atoms with van der Waals surface area (Å²) < 4.78 is 9.04. The highest BCUT2D eigenvalue weighted by Gasteiger charge is 2.23. The van der Waals surface area contributed by atoms with Crippen LogP contribution in [0.1, 0.15) is 38.1 Å². The highest BCUT2D eigenvalue weighted by molar-refractivity contribution is 9.10. The number of halogens is 1. The maximum Gasteiger partial charge on any atom is 0.172 e. The number of hydrogen-bond acceptors (Lipinski definition) is 3. The average molecular weight is 300 g/mol. The molecule has 17 heavy (non-hydrogen) atoms. The number of aromatic nitrogens is 2. The van der Waals surface area contributed by atoms with Gasteiger partial charge < -0.3 is 10.1 Å². The molecule has 1 atom stereocenters. The van der Waals surface area contributed by atoms with Crippen LogP contribution in [0.25, 0.3) is 0 Å². The van der Waals surface area contributed by atoms with E-state index >= 15 is 0 Å². The van der Waals surface area contributed by atoms with Crippen LogP contribution in [-0.2, 0) is 0 Å². The van der Waals surface area contributed by atoms with Crippen molar-refractivity contribution in [2.24, 2.45) is 0 Å². The van der Waals surface area contributed by atoms with Gasteiger partial charge in [0.25, 0.3) is 0 Å². The zero-order valence-electron chi connectivity index (χ0n) is 9.86. The summed E-state index contributed by atoms with van der Waals surface area (Å²) in [6, 6.07) is 0.463. The lowest BCUT2D eigenvalue weighted by Crippen LogP contribution is -2.15. The van der Waals surface area contributed by atoms with Crippen LogP contribution < -0.4 is 10.1 Å². The molecule has 2 fully saturated rings. The topological polar surface area (TPSA) is 39.1 Å². The van der Waals surface area contributed by atoms with E-state index < -0.39 is 0 Å². The molecular weight excluding hydrogens is 282 g/mol. The SMILES string of the molecule is Brc1c(OC2CCCC2)cnn1C1CCNC1. The van der Waals surface area contributed by atoms with E-state index in [0.717, 1.165) is 29.9 Å². The quantitative estimate of drug-likeness (QED) is 0.932. The molecule has 94 valence electrons. The van der Waals surface area contributed by atoms with Crippen molar-refractivity contribution in [1.29, 1.82) is 0 Å².